The smallest absolute Gasteiger partial charge is 0.308 e. The van der Waals surface area contributed by atoms with Crippen molar-refractivity contribution in [3.05, 3.63) is 41.5 Å². The van der Waals surface area contributed by atoms with Crippen LogP contribution in [0.25, 0.3) is 5.69 Å². The number of halogens is 1. The summed E-state index contributed by atoms with van der Waals surface area (Å²) >= 11 is 0. The van der Waals surface area contributed by atoms with Crippen LogP contribution in [0.15, 0.2) is 24.4 Å². The van der Waals surface area contributed by atoms with Crippen molar-refractivity contribution in [2.24, 2.45) is 11.8 Å². The second-order valence-corrected chi connectivity index (χ2v) is 6.37. The third kappa shape index (κ3) is 3.07. The highest BCUT2D eigenvalue weighted by atomic mass is 19.1. The van der Waals surface area contributed by atoms with Gasteiger partial charge in [0, 0.05) is 13.1 Å². The summed E-state index contributed by atoms with van der Waals surface area (Å²) in [6.45, 7) is 3.83. The number of rotatable bonds is 3. The maximum absolute atomic E-state index is 13.2. The van der Waals surface area contributed by atoms with E-state index in [1.54, 1.807) is 13.8 Å². The number of benzene rings is 1. The van der Waals surface area contributed by atoms with E-state index in [0.717, 1.165) is 0 Å². The molecule has 3 rings (SSSR count). The van der Waals surface area contributed by atoms with Gasteiger partial charge in [0.05, 0.1) is 17.8 Å². The minimum Gasteiger partial charge on any atom is -0.504 e. The molecule has 1 aliphatic rings. The predicted octanol–water partition coefficient (Wildman–Crippen LogP) is 1.82. The third-order valence-corrected chi connectivity index (χ3v) is 4.52. The number of hydrogen-bond donors (Lipinski definition) is 2. The van der Waals surface area contributed by atoms with Crippen LogP contribution in [0, 0.1) is 24.6 Å². The van der Waals surface area contributed by atoms with Gasteiger partial charge in [-0.05, 0) is 36.6 Å². The summed E-state index contributed by atoms with van der Waals surface area (Å²) < 4.78 is 14.5. The van der Waals surface area contributed by atoms with Gasteiger partial charge in [-0.25, -0.2) is 9.07 Å². The zero-order valence-electron chi connectivity index (χ0n) is 13.8. The fourth-order valence-electron chi connectivity index (χ4n) is 3.12. The monoisotopic (exact) mass is 347 g/mol. The Morgan fingerprint density at radius 3 is 2.64 bits per heavy atom. The molecule has 1 fully saturated rings. The van der Waals surface area contributed by atoms with Gasteiger partial charge in [0.25, 0.3) is 5.91 Å². The van der Waals surface area contributed by atoms with Gasteiger partial charge >= 0.3 is 5.97 Å². The molecule has 1 amide bonds. The van der Waals surface area contributed by atoms with Gasteiger partial charge in [-0.2, -0.15) is 5.10 Å². The highest BCUT2D eigenvalue weighted by molar-refractivity contribution is 5.95. The molecule has 0 aliphatic carbocycles. The lowest BCUT2D eigenvalue weighted by Crippen LogP contribution is -2.30. The summed E-state index contributed by atoms with van der Waals surface area (Å²) in [5.74, 6) is -2.97. The molecule has 0 unspecified atom stereocenters. The minimum atomic E-state index is -0.945. The van der Waals surface area contributed by atoms with Gasteiger partial charge < -0.3 is 15.1 Å². The van der Waals surface area contributed by atoms with Crippen molar-refractivity contribution in [1.29, 1.82) is 0 Å². The summed E-state index contributed by atoms with van der Waals surface area (Å²) in [7, 11) is 0. The van der Waals surface area contributed by atoms with Crippen LogP contribution >= 0.6 is 0 Å². The Morgan fingerprint density at radius 2 is 2.04 bits per heavy atom. The normalized spacial score (nSPS) is 20.0. The number of carboxylic acid groups (broad SMARTS) is 1. The number of aryl methyl sites for hydroxylation is 1. The highest BCUT2D eigenvalue weighted by Crippen LogP contribution is 2.27. The van der Waals surface area contributed by atoms with E-state index in [9.17, 15) is 24.2 Å². The Hall–Kier alpha value is -2.90. The molecule has 8 heteroatoms. The van der Waals surface area contributed by atoms with E-state index < -0.39 is 17.8 Å². The van der Waals surface area contributed by atoms with Crippen LogP contribution in [0.3, 0.4) is 0 Å². The first-order chi connectivity index (χ1) is 11.8. The van der Waals surface area contributed by atoms with Gasteiger partial charge in [-0.3, -0.25) is 9.59 Å². The van der Waals surface area contributed by atoms with Gasteiger partial charge in [-0.1, -0.05) is 6.92 Å². The number of aliphatic carboxylic acids is 1. The molecular weight excluding hydrogens is 329 g/mol. The Labute approximate surface area is 143 Å². The Bertz CT molecular complexity index is 848. The van der Waals surface area contributed by atoms with E-state index in [4.69, 9.17) is 0 Å². The third-order valence-electron chi connectivity index (χ3n) is 4.52. The molecule has 0 saturated carbocycles. The van der Waals surface area contributed by atoms with E-state index in [2.05, 4.69) is 5.10 Å². The lowest BCUT2D eigenvalue weighted by Gasteiger charge is -2.14. The average Bonchev–Trinajstić information content (AvgIpc) is 3.10. The maximum Gasteiger partial charge on any atom is 0.308 e. The summed E-state index contributed by atoms with van der Waals surface area (Å²) in [5.41, 5.74) is 0.984. The number of aromatic nitrogens is 2. The van der Waals surface area contributed by atoms with Crippen LogP contribution in [0.5, 0.6) is 5.75 Å². The van der Waals surface area contributed by atoms with E-state index in [1.807, 2.05) is 0 Å². The zero-order valence-corrected chi connectivity index (χ0v) is 13.8. The Kier molecular flexibility index (Phi) is 4.20. The van der Waals surface area contributed by atoms with Crippen LogP contribution < -0.4 is 0 Å². The average molecular weight is 347 g/mol. The Morgan fingerprint density at radius 1 is 1.32 bits per heavy atom. The number of carbonyl (C=O) groups is 2. The molecule has 0 radical (unpaired) electrons. The van der Waals surface area contributed by atoms with Crippen molar-refractivity contribution in [3.8, 4) is 11.4 Å². The summed E-state index contributed by atoms with van der Waals surface area (Å²) in [6, 6.07) is 4.10. The number of likely N-dealkylation sites (tertiary alicyclic amines) is 1. The number of carbonyl (C=O) groups excluding carboxylic acids is 1. The van der Waals surface area contributed by atoms with Crippen LogP contribution in [-0.2, 0) is 4.79 Å². The second-order valence-electron chi connectivity index (χ2n) is 6.37. The summed E-state index contributed by atoms with van der Waals surface area (Å²) in [4.78, 5) is 25.2. The van der Waals surface area contributed by atoms with E-state index in [0.29, 0.717) is 11.3 Å². The summed E-state index contributed by atoms with van der Waals surface area (Å²) in [6.07, 6.45) is 1.28. The molecule has 1 aromatic heterocycles. The molecule has 25 heavy (non-hydrogen) atoms. The molecule has 2 N–H and O–H groups in total. The number of aromatic hydroxyl groups is 1. The van der Waals surface area contributed by atoms with Gasteiger partial charge in [0.1, 0.15) is 5.82 Å². The van der Waals surface area contributed by atoms with Crippen molar-refractivity contribution in [3.63, 3.8) is 0 Å². The first kappa shape index (κ1) is 16.9. The fourth-order valence-corrected chi connectivity index (χ4v) is 3.12. The number of carboxylic acids is 1. The number of nitrogens with zero attached hydrogens (tertiary/aromatic N) is 3. The van der Waals surface area contributed by atoms with E-state index >= 15 is 0 Å². The zero-order chi connectivity index (χ0) is 18.3. The lowest BCUT2D eigenvalue weighted by atomic mass is 9.99. The predicted molar refractivity (Wildman–Crippen MR) is 86.1 cm³/mol. The van der Waals surface area contributed by atoms with Crippen molar-refractivity contribution in [1.82, 2.24) is 14.7 Å². The van der Waals surface area contributed by atoms with Crippen molar-refractivity contribution in [2.75, 3.05) is 13.1 Å². The molecule has 0 spiro atoms. The topological polar surface area (TPSA) is 95.7 Å². The van der Waals surface area contributed by atoms with Crippen molar-refractivity contribution >= 4 is 11.9 Å². The fraction of sp³-hybridized carbons (Fsp3) is 0.353. The number of hydrogen-bond acceptors (Lipinski definition) is 4. The largest absolute Gasteiger partial charge is 0.504 e. The van der Waals surface area contributed by atoms with E-state index in [1.165, 1.54) is 34.0 Å². The molecule has 0 bridgehead atoms. The molecule has 1 aromatic carbocycles. The molecule has 1 aliphatic heterocycles. The Balaban J connectivity index is 1.88. The molecule has 2 atom stereocenters. The molecule has 2 heterocycles. The first-order valence-corrected chi connectivity index (χ1v) is 7.85. The van der Waals surface area contributed by atoms with Crippen LogP contribution in [0.2, 0.25) is 0 Å². The van der Waals surface area contributed by atoms with Gasteiger partial charge in [-0.15, -0.1) is 0 Å². The quantitative estimate of drug-likeness (QED) is 0.883. The van der Waals surface area contributed by atoms with Crippen LogP contribution in [-0.4, -0.2) is 49.9 Å². The minimum absolute atomic E-state index is 0.0806. The lowest BCUT2D eigenvalue weighted by molar-refractivity contribution is -0.142. The SMILES string of the molecule is Cc1cc(F)ccc1-n1cc(O)c(C(=O)N2C[C@@H](C)[C@H](C(=O)O)C2)n1. The van der Waals surface area contributed by atoms with Gasteiger partial charge in [0.15, 0.2) is 11.4 Å². The summed E-state index contributed by atoms with van der Waals surface area (Å²) in [5, 5.41) is 23.4. The van der Waals surface area contributed by atoms with Gasteiger partial charge in [0.2, 0.25) is 0 Å². The molecular formula is C17H18FN3O4. The second kappa shape index (κ2) is 6.19. The molecule has 7 nitrogen and oxygen atoms in total. The maximum atomic E-state index is 13.2. The van der Waals surface area contributed by atoms with Crippen LogP contribution in [0.4, 0.5) is 4.39 Å². The van der Waals surface area contributed by atoms with Crippen LogP contribution in [0.1, 0.15) is 23.0 Å². The van der Waals surface area contributed by atoms with Crippen molar-refractivity contribution < 1.29 is 24.2 Å². The first-order valence-electron chi connectivity index (χ1n) is 7.85. The standard InChI is InChI=1S/C17H18FN3O4/c1-9-5-11(18)3-4-13(9)21-8-14(22)15(19-21)16(23)20-6-10(2)12(7-20)17(24)25/h3-5,8,10,12,22H,6-7H2,1-2H3,(H,24,25)/t10-,12-/m1/s1. The van der Waals surface area contributed by atoms with E-state index in [-0.39, 0.29) is 36.3 Å². The highest BCUT2D eigenvalue weighted by Gasteiger charge is 2.38. The number of amides is 1. The molecule has 132 valence electrons. The molecule has 1 saturated heterocycles. The molecule has 2 aromatic rings. The van der Waals surface area contributed by atoms with Crippen molar-refractivity contribution in [2.45, 2.75) is 13.8 Å².